The number of aryl methyl sites for hydroxylation is 1. The van der Waals surface area contributed by atoms with Gasteiger partial charge in [0.1, 0.15) is 5.56 Å². The van der Waals surface area contributed by atoms with Crippen molar-refractivity contribution in [3.63, 3.8) is 0 Å². The maximum atomic E-state index is 12.6. The van der Waals surface area contributed by atoms with E-state index in [1.807, 2.05) is 6.07 Å². The number of hydrogen-bond donors (Lipinski definition) is 1. The molecule has 26 heavy (non-hydrogen) atoms. The molecule has 0 unspecified atom stereocenters. The number of fused-ring (bicyclic) bond motifs is 1. The predicted octanol–water partition coefficient (Wildman–Crippen LogP) is 3.17. The zero-order chi connectivity index (χ0) is 17.9. The van der Waals surface area contributed by atoms with E-state index in [1.54, 1.807) is 18.5 Å². The molecule has 1 saturated carbocycles. The average molecular weight is 374 g/mol. The molecule has 136 valence electrons. The van der Waals surface area contributed by atoms with Crippen molar-refractivity contribution in [2.75, 3.05) is 13.2 Å². The maximum Gasteiger partial charge on any atom is 0.258 e. The molecule has 0 spiro atoms. The zero-order valence-corrected chi connectivity index (χ0v) is 15.1. The van der Waals surface area contributed by atoms with Crippen LogP contribution in [0.3, 0.4) is 0 Å². The SMILES string of the molecule is O=C(NCc1cnc2c(c1)CCCO2)c1c(Cl)ccnc1OCC1CC1. The van der Waals surface area contributed by atoms with Gasteiger partial charge in [-0.2, -0.15) is 0 Å². The third-order valence-electron chi connectivity index (χ3n) is 4.51. The predicted molar refractivity (Wildman–Crippen MR) is 96.7 cm³/mol. The van der Waals surface area contributed by atoms with Gasteiger partial charge < -0.3 is 14.8 Å². The molecule has 6 nitrogen and oxygen atoms in total. The Morgan fingerprint density at radius 2 is 2.27 bits per heavy atom. The highest BCUT2D eigenvalue weighted by Gasteiger charge is 2.24. The summed E-state index contributed by atoms with van der Waals surface area (Å²) in [6, 6.07) is 3.62. The Bertz CT molecular complexity index is 824. The molecule has 0 aromatic carbocycles. The van der Waals surface area contributed by atoms with E-state index in [-0.39, 0.29) is 11.5 Å². The second-order valence-electron chi connectivity index (χ2n) is 6.67. The van der Waals surface area contributed by atoms with Crippen LogP contribution < -0.4 is 14.8 Å². The highest BCUT2D eigenvalue weighted by molar-refractivity contribution is 6.34. The first kappa shape index (κ1) is 17.1. The molecule has 7 heteroatoms. The summed E-state index contributed by atoms with van der Waals surface area (Å²) in [6.45, 7) is 1.63. The minimum absolute atomic E-state index is 0.282. The number of pyridine rings is 2. The van der Waals surface area contributed by atoms with Crippen molar-refractivity contribution in [2.24, 2.45) is 5.92 Å². The molecule has 0 saturated heterocycles. The van der Waals surface area contributed by atoms with E-state index in [0.717, 1.165) is 36.8 Å². The topological polar surface area (TPSA) is 73.3 Å². The fourth-order valence-corrected chi connectivity index (χ4v) is 3.09. The molecule has 4 rings (SSSR count). The van der Waals surface area contributed by atoms with Crippen LogP contribution >= 0.6 is 11.6 Å². The number of amides is 1. The lowest BCUT2D eigenvalue weighted by Crippen LogP contribution is -2.24. The minimum atomic E-state index is -0.303. The van der Waals surface area contributed by atoms with Crippen LogP contribution in [0, 0.1) is 5.92 Å². The van der Waals surface area contributed by atoms with Gasteiger partial charge in [-0.15, -0.1) is 0 Å². The third-order valence-corrected chi connectivity index (χ3v) is 4.82. The summed E-state index contributed by atoms with van der Waals surface area (Å²) in [5.41, 5.74) is 2.28. The summed E-state index contributed by atoms with van der Waals surface area (Å²) in [7, 11) is 0. The Morgan fingerprint density at radius 1 is 1.38 bits per heavy atom. The van der Waals surface area contributed by atoms with E-state index < -0.39 is 0 Å². The van der Waals surface area contributed by atoms with Crippen LogP contribution in [-0.2, 0) is 13.0 Å². The van der Waals surface area contributed by atoms with Crippen molar-refractivity contribution in [2.45, 2.75) is 32.2 Å². The number of nitrogens with zero attached hydrogens (tertiary/aromatic N) is 2. The lowest BCUT2D eigenvalue weighted by atomic mass is 10.1. The van der Waals surface area contributed by atoms with Gasteiger partial charge in [0.25, 0.3) is 5.91 Å². The quantitative estimate of drug-likeness (QED) is 0.841. The van der Waals surface area contributed by atoms with Crippen molar-refractivity contribution in [1.82, 2.24) is 15.3 Å². The van der Waals surface area contributed by atoms with Crippen LogP contribution in [0.4, 0.5) is 0 Å². The normalized spacial score (nSPS) is 15.7. The Balaban J connectivity index is 1.44. The standard InChI is InChI=1S/C19H20ClN3O3/c20-15-5-6-21-19(26-11-12-3-4-12)16(15)17(24)22-9-13-8-14-2-1-7-25-18(14)23-10-13/h5-6,8,10,12H,1-4,7,9,11H2,(H,22,24). The Morgan fingerprint density at radius 3 is 3.12 bits per heavy atom. The van der Waals surface area contributed by atoms with E-state index in [4.69, 9.17) is 21.1 Å². The molecule has 1 fully saturated rings. The van der Waals surface area contributed by atoms with Gasteiger partial charge in [0.15, 0.2) is 0 Å². The number of ether oxygens (including phenoxy) is 2. The van der Waals surface area contributed by atoms with Gasteiger partial charge >= 0.3 is 0 Å². The lowest BCUT2D eigenvalue weighted by molar-refractivity contribution is 0.0945. The first-order valence-corrected chi connectivity index (χ1v) is 9.24. The Kier molecular flexibility index (Phi) is 4.93. The van der Waals surface area contributed by atoms with Gasteiger partial charge in [0, 0.05) is 24.5 Å². The highest BCUT2D eigenvalue weighted by atomic mass is 35.5. The van der Waals surface area contributed by atoms with Crippen molar-refractivity contribution in [3.8, 4) is 11.8 Å². The van der Waals surface area contributed by atoms with Gasteiger partial charge in [0.05, 0.1) is 18.2 Å². The first-order valence-electron chi connectivity index (χ1n) is 8.87. The molecule has 0 bridgehead atoms. The van der Waals surface area contributed by atoms with E-state index in [2.05, 4.69) is 15.3 Å². The van der Waals surface area contributed by atoms with Crippen molar-refractivity contribution >= 4 is 17.5 Å². The number of rotatable bonds is 6. The van der Waals surface area contributed by atoms with Crippen molar-refractivity contribution in [3.05, 3.63) is 46.2 Å². The summed E-state index contributed by atoms with van der Waals surface area (Å²) in [5.74, 6) is 1.25. The number of halogens is 1. The molecule has 1 amide bonds. The summed E-state index contributed by atoms with van der Waals surface area (Å²) in [4.78, 5) is 21.1. The minimum Gasteiger partial charge on any atom is -0.477 e. The van der Waals surface area contributed by atoms with E-state index in [0.29, 0.717) is 42.5 Å². The van der Waals surface area contributed by atoms with E-state index >= 15 is 0 Å². The smallest absolute Gasteiger partial charge is 0.258 e. The Hall–Kier alpha value is -2.34. The molecular weight excluding hydrogens is 354 g/mol. The first-order chi connectivity index (χ1) is 12.7. The largest absolute Gasteiger partial charge is 0.477 e. The molecule has 2 aromatic heterocycles. The van der Waals surface area contributed by atoms with Crippen LogP contribution in [-0.4, -0.2) is 29.1 Å². The molecule has 0 radical (unpaired) electrons. The second kappa shape index (κ2) is 7.50. The van der Waals surface area contributed by atoms with Crippen LogP contribution in [0.1, 0.15) is 40.7 Å². The van der Waals surface area contributed by atoms with Crippen LogP contribution in [0.25, 0.3) is 0 Å². The summed E-state index contributed by atoms with van der Waals surface area (Å²) in [5, 5.41) is 3.22. The molecule has 3 heterocycles. The summed E-state index contributed by atoms with van der Waals surface area (Å²) in [6.07, 6.45) is 7.53. The number of nitrogens with one attached hydrogen (secondary N) is 1. The molecule has 2 aromatic rings. The number of aromatic nitrogens is 2. The number of hydrogen-bond acceptors (Lipinski definition) is 5. The van der Waals surface area contributed by atoms with Crippen molar-refractivity contribution < 1.29 is 14.3 Å². The maximum absolute atomic E-state index is 12.6. The molecule has 2 aliphatic rings. The molecule has 0 atom stereocenters. The lowest BCUT2D eigenvalue weighted by Gasteiger charge is -2.17. The molecule has 1 aliphatic carbocycles. The average Bonchev–Trinajstić information content (AvgIpc) is 3.49. The second-order valence-corrected chi connectivity index (χ2v) is 7.08. The number of carbonyl (C=O) groups excluding carboxylic acids is 1. The van der Waals surface area contributed by atoms with Gasteiger partial charge in [-0.25, -0.2) is 9.97 Å². The third kappa shape index (κ3) is 3.90. The summed E-state index contributed by atoms with van der Waals surface area (Å²) >= 11 is 6.22. The van der Waals surface area contributed by atoms with Gasteiger partial charge in [-0.1, -0.05) is 11.6 Å². The van der Waals surface area contributed by atoms with Crippen LogP contribution in [0.2, 0.25) is 5.02 Å². The fourth-order valence-electron chi connectivity index (χ4n) is 2.87. The van der Waals surface area contributed by atoms with Crippen LogP contribution in [0.5, 0.6) is 11.8 Å². The van der Waals surface area contributed by atoms with Gasteiger partial charge in [0.2, 0.25) is 11.8 Å². The number of carbonyl (C=O) groups is 1. The highest BCUT2D eigenvalue weighted by Crippen LogP contribution is 2.31. The molecule has 1 N–H and O–H groups in total. The van der Waals surface area contributed by atoms with Crippen LogP contribution in [0.15, 0.2) is 24.5 Å². The van der Waals surface area contributed by atoms with Crippen molar-refractivity contribution in [1.29, 1.82) is 0 Å². The fraction of sp³-hybridized carbons (Fsp3) is 0.421. The van der Waals surface area contributed by atoms with E-state index in [1.165, 1.54) is 0 Å². The Labute approximate surface area is 156 Å². The molecule has 1 aliphatic heterocycles. The van der Waals surface area contributed by atoms with E-state index in [9.17, 15) is 4.79 Å². The molecular formula is C19H20ClN3O3. The zero-order valence-electron chi connectivity index (χ0n) is 14.3. The monoisotopic (exact) mass is 373 g/mol. The van der Waals surface area contributed by atoms with Gasteiger partial charge in [-0.05, 0) is 49.3 Å². The summed E-state index contributed by atoms with van der Waals surface area (Å²) < 4.78 is 11.2. The van der Waals surface area contributed by atoms with Gasteiger partial charge in [-0.3, -0.25) is 4.79 Å².